The lowest BCUT2D eigenvalue weighted by Crippen LogP contribution is -2.49. The Hall–Kier alpha value is -1.06. The smallest absolute Gasteiger partial charge is 0.0573 e. The van der Waals surface area contributed by atoms with Crippen LogP contribution in [0.5, 0.6) is 0 Å². The van der Waals surface area contributed by atoms with Gasteiger partial charge in [0.1, 0.15) is 0 Å². The van der Waals surface area contributed by atoms with E-state index < -0.39 is 0 Å². The number of para-hydroxylation sites is 1. The van der Waals surface area contributed by atoms with E-state index in [2.05, 4.69) is 36.5 Å². The van der Waals surface area contributed by atoms with Gasteiger partial charge in [0.2, 0.25) is 0 Å². The number of rotatable bonds is 4. The number of nitrogens with one attached hydrogen (secondary N) is 1. The van der Waals surface area contributed by atoms with E-state index in [1.54, 1.807) is 7.11 Å². The van der Waals surface area contributed by atoms with Crippen LogP contribution in [-0.2, 0) is 4.74 Å². The largest absolute Gasteiger partial charge is 0.381 e. The van der Waals surface area contributed by atoms with Crippen LogP contribution >= 0.6 is 0 Å². The van der Waals surface area contributed by atoms with Crippen molar-refractivity contribution < 1.29 is 4.74 Å². The zero-order chi connectivity index (χ0) is 13.0. The minimum Gasteiger partial charge on any atom is -0.381 e. The molecule has 0 atom stereocenters. The molecule has 0 amide bonds. The van der Waals surface area contributed by atoms with E-state index in [1.807, 2.05) is 0 Å². The van der Waals surface area contributed by atoms with Crippen molar-refractivity contribution in [2.45, 2.75) is 44.2 Å². The molecule has 2 rings (SSSR count). The summed E-state index contributed by atoms with van der Waals surface area (Å²) in [5.41, 5.74) is 8.55. The van der Waals surface area contributed by atoms with Crippen LogP contribution in [0.25, 0.3) is 0 Å². The molecule has 1 aromatic carbocycles. The average Bonchev–Trinajstić information content (AvgIpc) is 2.42. The van der Waals surface area contributed by atoms with Crippen LogP contribution in [0.15, 0.2) is 24.3 Å². The van der Waals surface area contributed by atoms with Crippen molar-refractivity contribution in [1.82, 2.24) is 0 Å². The summed E-state index contributed by atoms with van der Waals surface area (Å²) >= 11 is 0. The van der Waals surface area contributed by atoms with Gasteiger partial charge in [0.25, 0.3) is 0 Å². The highest BCUT2D eigenvalue weighted by molar-refractivity contribution is 5.52. The fraction of sp³-hybridized carbons (Fsp3) is 0.600. The van der Waals surface area contributed by atoms with Gasteiger partial charge in [0, 0.05) is 24.9 Å². The van der Waals surface area contributed by atoms with E-state index in [9.17, 15) is 0 Å². The van der Waals surface area contributed by atoms with Crippen LogP contribution in [0.3, 0.4) is 0 Å². The number of nitrogens with two attached hydrogens (primary N) is 1. The Kier molecular flexibility index (Phi) is 4.25. The van der Waals surface area contributed by atoms with E-state index in [-0.39, 0.29) is 5.54 Å². The van der Waals surface area contributed by atoms with E-state index in [0.29, 0.717) is 12.6 Å². The van der Waals surface area contributed by atoms with Crippen molar-refractivity contribution in [2.75, 3.05) is 19.0 Å². The van der Waals surface area contributed by atoms with Gasteiger partial charge in [-0.05, 0) is 44.2 Å². The van der Waals surface area contributed by atoms with E-state index in [0.717, 1.165) is 25.7 Å². The summed E-state index contributed by atoms with van der Waals surface area (Å²) in [6, 6.07) is 8.40. The third-order valence-electron chi connectivity index (χ3n) is 4.16. The molecule has 100 valence electrons. The first-order valence-electron chi connectivity index (χ1n) is 6.76. The maximum Gasteiger partial charge on any atom is 0.0573 e. The summed E-state index contributed by atoms with van der Waals surface area (Å²) in [5, 5.41) is 3.68. The molecule has 0 radical (unpaired) electrons. The standard InChI is InChI=1S/C15H24N2O/c1-12-5-3-4-6-14(12)17-15(11-16)9-7-13(18-2)8-10-15/h3-6,13,17H,7-11,16H2,1-2H3. The molecule has 0 saturated heterocycles. The fourth-order valence-electron chi connectivity index (χ4n) is 2.76. The van der Waals surface area contributed by atoms with Gasteiger partial charge in [-0.25, -0.2) is 0 Å². The molecule has 3 nitrogen and oxygen atoms in total. The summed E-state index contributed by atoms with van der Waals surface area (Å²) in [6.07, 6.45) is 4.75. The summed E-state index contributed by atoms with van der Waals surface area (Å²) < 4.78 is 5.43. The third-order valence-corrected chi connectivity index (χ3v) is 4.16. The second kappa shape index (κ2) is 5.72. The highest BCUT2D eigenvalue weighted by Gasteiger charge is 2.34. The minimum atomic E-state index is 0.0428. The Balaban J connectivity index is 2.08. The molecule has 3 heteroatoms. The molecular weight excluding hydrogens is 224 g/mol. The molecule has 0 aliphatic heterocycles. The lowest BCUT2D eigenvalue weighted by molar-refractivity contribution is 0.0549. The number of benzene rings is 1. The lowest BCUT2D eigenvalue weighted by atomic mass is 9.80. The van der Waals surface area contributed by atoms with Gasteiger partial charge >= 0.3 is 0 Å². The number of hydrogen-bond donors (Lipinski definition) is 2. The Bertz CT molecular complexity index is 384. The second-order valence-electron chi connectivity index (χ2n) is 5.36. The molecule has 3 N–H and O–H groups in total. The molecule has 0 aromatic heterocycles. The van der Waals surface area contributed by atoms with Gasteiger partial charge in [0.15, 0.2) is 0 Å². The van der Waals surface area contributed by atoms with Gasteiger partial charge in [-0.15, -0.1) is 0 Å². The Morgan fingerprint density at radius 3 is 2.56 bits per heavy atom. The number of aryl methyl sites for hydroxylation is 1. The third kappa shape index (κ3) is 2.85. The molecule has 0 bridgehead atoms. The van der Waals surface area contributed by atoms with E-state index in [4.69, 9.17) is 10.5 Å². The second-order valence-corrected chi connectivity index (χ2v) is 5.36. The van der Waals surface area contributed by atoms with E-state index >= 15 is 0 Å². The van der Waals surface area contributed by atoms with Crippen LogP contribution in [0, 0.1) is 6.92 Å². The van der Waals surface area contributed by atoms with Crippen molar-refractivity contribution in [2.24, 2.45) is 5.73 Å². The number of methoxy groups -OCH3 is 1. The molecule has 0 spiro atoms. The highest BCUT2D eigenvalue weighted by atomic mass is 16.5. The first kappa shape index (κ1) is 13.4. The monoisotopic (exact) mass is 248 g/mol. The molecule has 18 heavy (non-hydrogen) atoms. The van der Waals surface area contributed by atoms with Crippen molar-refractivity contribution in [3.8, 4) is 0 Å². The number of hydrogen-bond acceptors (Lipinski definition) is 3. The average molecular weight is 248 g/mol. The minimum absolute atomic E-state index is 0.0428. The van der Waals surface area contributed by atoms with Gasteiger partial charge in [0.05, 0.1) is 6.10 Å². The predicted molar refractivity (Wildman–Crippen MR) is 75.9 cm³/mol. The van der Waals surface area contributed by atoms with Crippen LogP contribution in [0.2, 0.25) is 0 Å². The van der Waals surface area contributed by atoms with Crippen molar-refractivity contribution in [3.05, 3.63) is 29.8 Å². The Labute approximate surface area is 110 Å². The zero-order valence-electron chi connectivity index (χ0n) is 11.4. The van der Waals surface area contributed by atoms with Gasteiger partial charge < -0.3 is 15.8 Å². The fourth-order valence-corrected chi connectivity index (χ4v) is 2.76. The molecule has 1 fully saturated rings. The first-order chi connectivity index (χ1) is 8.69. The van der Waals surface area contributed by atoms with Crippen molar-refractivity contribution in [3.63, 3.8) is 0 Å². The zero-order valence-corrected chi connectivity index (χ0v) is 11.4. The molecule has 1 aliphatic rings. The lowest BCUT2D eigenvalue weighted by Gasteiger charge is -2.40. The number of ether oxygens (including phenoxy) is 1. The predicted octanol–water partition coefficient (Wildman–Crippen LogP) is 2.69. The Morgan fingerprint density at radius 2 is 2.00 bits per heavy atom. The molecule has 0 unspecified atom stereocenters. The van der Waals surface area contributed by atoms with Crippen LogP contribution in [0.1, 0.15) is 31.2 Å². The van der Waals surface area contributed by atoms with Gasteiger partial charge in [-0.3, -0.25) is 0 Å². The van der Waals surface area contributed by atoms with Gasteiger partial charge in [-0.1, -0.05) is 18.2 Å². The molecule has 1 saturated carbocycles. The normalized spacial score (nSPS) is 28.1. The van der Waals surface area contributed by atoms with Crippen LogP contribution < -0.4 is 11.1 Å². The van der Waals surface area contributed by atoms with Crippen LogP contribution in [0.4, 0.5) is 5.69 Å². The van der Waals surface area contributed by atoms with Crippen LogP contribution in [-0.4, -0.2) is 25.3 Å². The first-order valence-corrected chi connectivity index (χ1v) is 6.76. The summed E-state index contributed by atoms with van der Waals surface area (Å²) in [7, 11) is 1.80. The molecule has 1 aromatic rings. The van der Waals surface area contributed by atoms with Gasteiger partial charge in [-0.2, -0.15) is 0 Å². The van der Waals surface area contributed by atoms with Crippen molar-refractivity contribution >= 4 is 5.69 Å². The van der Waals surface area contributed by atoms with Crippen molar-refractivity contribution in [1.29, 1.82) is 0 Å². The summed E-state index contributed by atoms with van der Waals surface area (Å²) in [4.78, 5) is 0. The Morgan fingerprint density at radius 1 is 1.33 bits per heavy atom. The maximum atomic E-state index is 6.02. The topological polar surface area (TPSA) is 47.3 Å². The molecule has 0 heterocycles. The molecule has 1 aliphatic carbocycles. The quantitative estimate of drug-likeness (QED) is 0.861. The summed E-state index contributed by atoms with van der Waals surface area (Å²) in [5.74, 6) is 0. The summed E-state index contributed by atoms with van der Waals surface area (Å²) in [6.45, 7) is 2.81. The highest BCUT2D eigenvalue weighted by Crippen LogP contribution is 2.33. The SMILES string of the molecule is COC1CCC(CN)(Nc2ccccc2C)CC1. The van der Waals surface area contributed by atoms with E-state index in [1.165, 1.54) is 11.3 Å². The molecular formula is C15H24N2O. The number of anilines is 1. The maximum absolute atomic E-state index is 6.02.